The molecule has 13 heavy (non-hydrogen) atoms. The fourth-order valence-corrected chi connectivity index (χ4v) is 0.940. The maximum atomic E-state index is 12.9. The molecule has 0 aliphatic carbocycles. The lowest BCUT2D eigenvalue weighted by molar-refractivity contribution is 0.0983. The average molecular weight is 186 g/mol. The van der Waals surface area contributed by atoms with Gasteiger partial charge in [-0.2, -0.15) is 0 Å². The molecule has 2 nitrogen and oxygen atoms in total. The maximum absolute atomic E-state index is 12.9. The van der Waals surface area contributed by atoms with E-state index >= 15 is 0 Å². The number of carbonyl (C=O) groups excluding carboxylic acids is 1. The molecule has 0 atom stereocenters. The number of phenolic OH excluding ortho intramolecular Hbond substituents is 1. The third kappa shape index (κ3) is 1.83. The molecule has 0 bridgehead atoms. The lowest BCUT2D eigenvalue weighted by Crippen LogP contribution is -2.01. The van der Waals surface area contributed by atoms with E-state index in [1.165, 1.54) is 0 Å². The van der Waals surface area contributed by atoms with Gasteiger partial charge in [0, 0.05) is 12.5 Å². The van der Waals surface area contributed by atoms with Crippen LogP contribution in [-0.4, -0.2) is 10.9 Å². The minimum Gasteiger partial charge on any atom is -0.505 e. The van der Waals surface area contributed by atoms with Gasteiger partial charge in [0.2, 0.25) is 0 Å². The molecule has 1 rings (SSSR count). The average Bonchev–Trinajstić information content (AvgIpc) is 2.10. The van der Waals surface area contributed by atoms with Gasteiger partial charge < -0.3 is 5.11 Å². The first-order chi connectivity index (χ1) is 6.06. The highest BCUT2D eigenvalue weighted by Crippen LogP contribution is 2.20. The summed E-state index contributed by atoms with van der Waals surface area (Å²) in [5.41, 5.74) is -0.321. The van der Waals surface area contributed by atoms with Crippen LogP contribution in [0.15, 0.2) is 12.1 Å². The van der Waals surface area contributed by atoms with Crippen molar-refractivity contribution in [2.24, 2.45) is 0 Å². The Labute approximate surface area is 73.8 Å². The van der Waals surface area contributed by atoms with Crippen LogP contribution in [0.5, 0.6) is 5.75 Å². The molecular formula is C9H8F2O2. The molecule has 0 spiro atoms. The van der Waals surface area contributed by atoms with E-state index in [1.54, 1.807) is 6.92 Å². The van der Waals surface area contributed by atoms with Gasteiger partial charge in [0.1, 0.15) is 5.82 Å². The molecule has 0 radical (unpaired) electrons. The van der Waals surface area contributed by atoms with E-state index in [-0.39, 0.29) is 12.0 Å². The Morgan fingerprint density at radius 1 is 1.38 bits per heavy atom. The van der Waals surface area contributed by atoms with Crippen LogP contribution in [0, 0.1) is 11.6 Å². The molecule has 1 aromatic rings. The lowest BCUT2D eigenvalue weighted by atomic mass is 10.1. The lowest BCUT2D eigenvalue weighted by Gasteiger charge is -2.01. The summed E-state index contributed by atoms with van der Waals surface area (Å²) >= 11 is 0. The van der Waals surface area contributed by atoms with Gasteiger partial charge in [0.25, 0.3) is 0 Å². The molecule has 0 fully saturated rings. The molecule has 0 aliphatic heterocycles. The summed E-state index contributed by atoms with van der Waals surface area (Å²) in [5.74, 6) is -3.16. The predicted octanol–water partition coefficient (Wildman–Crippen LogP) is 2.26. The van der Waals surface area contributed by atoms with Crippen LogP contribution >= 0.6 is 0 Å². The van der Waals surface area contributed by atoms with Crippen molar-refractivity contribution in [3.8, 4) is 5.75 Å². The van der Waals surface area contributed by atoms with E-state index in [2.05, 4.69) is 0 Å². The van der Waals surface area contributed by atoms with Gasteiger partial charge in [-0.15, -0.1) is 0 Å². The molecule has 1 N–H and O–H groups in total. The first kappa shape index (κ1) is 9.64. The second-order valence-electron chi connectivity index (χ2n) is 2.56. The second-order valence-corrected chi connectivity index (χ2v) is 2.56. The summed E-state index contributed by atoms with van der Waals surface area (Å²) in [6.07, 6.45) is 0.0983. The summed E-state index contributed by atoms with van der Waals surface area (Å²) < 4.78 is 25.6. The highest BCUT2D eigenvalue weighted by molar-refractivity contribution is 5.96. The predicted molar refractivity (Wildman–Crippen MR) is 42.6 cm³/mol. The zero-order chi connectivity index (χ0) is 10.0. The van der Waals surface area contributed by atoms with Crippen molar-refractivity contribution in [1.29, 1.82) is 0 Å². The number of phenols is 1. The van der Waals surface area contributed by atoms with Crippen LogP contribution in [0.2, 0.25) is 0 Å². The second kappa shape index (κ2) is 3.51. The van der Waals surface area contributed by atoms with E-state index in [1.807, 2.05) is 0 Å². The van der Waals surface area contributed by atoms with Crippen LogP contribution in [0.25, 0.3) is 0 Å². The quantitative estimate of drug-likeness (QED) is 0.719. The van der Waals surface area contributed by atoms with Crippen LogP contribution in [0.1, 0.15) is 23.7 Å². The number of Topliss-reactive ketones (excluding diaryl/α,β-unsaturated/α-hetero) is 1. The van der Waals surface area contributed by atoms with Crippen molar-refractivity contribution in [3.05, 3.63) is 29.3 Å². The molecule has 0 aromatic heterocycles. The van der Waals surface area contributed by atoms with Crippen molar-refractivity contribution in [2.45, 2.75) is 13.3 Å². The number of hydrogen-bond donors (Lipinski definition) is 1. The van der Waals surface area contributed by atoms with Crippen molar-refractivity contribution in [2.75, 3.05) is 0 Å². The molecule has 0 saturated heterocycles. The van der Waals surface area contributed by atoms with Gasteiger partial charge in [0.15, 0.2) is 17.3 Å². The third-order valence-electron chi connectivity index (χ3n) is 1.66. The normalized spacial score (nSPS) is 10.1. The fraction of sp³-hybridized carbons (Fsp3) is 0.222. The maximum Gasteiger partial charge on any atom is 0.165 e. The van der Waals surface area contributed by atoms with Gasteiger partial charge in [-0.3, -0.25) is 4.79 Å². The largest absolute Gasteiger partial charge is 0.505 e. The molecule has 0 amide bonds. The van der Waals surface area contributed by atoms with Crippen molar-refractivity contribution in [1.82, 2.24) is 0 Å². The summed E-state index contributed by atoms with van der Waals surface area (Å²) in [4.78, 5) is 11.0. The van der Waals surface area contributed by atoms with Gasteiger partial charge in [-0.05, 0) is 6.07 Å². The summed E-state index contributed by atoms with van der Waals surface area (Å²) in [5, 5.41) is 8.75. The van der Waals surface area contributed by atoms with Crippen LogP contribution in [0.3, 0.4) is 0 Å². The number of carbonyl (C=O) groups is 1. The Hall–Kier alpha value is -1.45. The van der Waals surface area contributed by atoms with Crippen molar-refractivity contribution >= 4 is 5.78 Å². The monoisotopic (exact) mass is 186 g/mol. The van der Waals surface area contributed by atoms with Gasteiger partial charge >= 0.3 is 0 Å². The van der Waals surface area contributed by atoms with E-state index < -0.39 is 23.2 Å². The molecule has 0 heterocycles. The summed E-state index contributed by atoms with van der Waals surface area (Å²) in [6.45, 7) is 1.55. The fourth-order valence-electron chi connectivity index (χ4n) is 0.940. The van der Waals surface area contributed by atoms with Gasteiger partial charge in [-0.25, -0.2) is 8.78 Å². The molecule has 4 heteroatoms. The van der Waals surface area contributed by atoms with Gasteiger partial charge in [-0.1, -0.05) is 6.92 Å². The number of benzene rings is 1. The molecule has 0 aliphatic rings. The summed E-state index contributed by atoms with van der Waals surface area (Å²) in [7, 11) is 0. The van der Waals surface area contributed by atoms with E-state index in [9.17, 15) is 13.6 Å². The van der Waals surface area contributed by atoms with Crippen molar-refractivity contribution < 1.29 is 18.7 Å². The van der Waals surface area contributed by atoms with Gasteiger partial charge in [0.05, 0.1) is 5.56 Å². The minimum atomic E-state index is -0.988. The van der Waals surface area contributed by atoms with Crippen LogP contribution in [-0.2, 0) is 0 Å². The molecular weight excluding hydrogens is 178 g/mol. The van der Waals surface area contributed by atoms with E-state index in [0.717, 1.165) is 0 Å². The van der Waals surface area contributed by atoms with Crippen LogP contribution < -0.4 is 0 Å². The Bertz CT molecular complexity index is 348. The number of rotatable bonds is 2. The SMILES string of the molecule is CCC(=O)c1cc(F)c(O)cc1F. The van der Waals surface area contributed by atoms with E-state index in [0.29, 0.717) is 12.1 Å². The number of aromatic hydroxyl groups is 1. The Balaban J connectivity index is 3.23. The highest BCUT2D eigenvalue weighted by atomic mass is 19.1. The standard InChI is InChI=1S/C9H8F2O2/c1-2-8(12)5-3-7(11)9(13)4-6(5)10/h3-4,13H,2H2,1H3. The number of hydrogen-bond acceptors (Lipinski definition) is 2. The topological polar surface area (TPSA) is 37.3 Å². The Kier molecular flexibility index (Phi) is 2.60. The first-order valence-electron chi connectivity index (χ1n) is 3.77. The summed E-state index contributed by atoms with van der Waals surface area (Å²) in [6, 6.07) is 1.30. The molecule has 0 saturated carbocycles. The zero-order valence-corrected chi connectivity index (χ0v) is 6.97. The third-order valence-corrected chi connectivity index (χ3v) is 1.66. The Morgan fingerprint density at radius 3 is 2.54 bits per heavy atom. The minimum absolute atomic E-state index is 0.0983. The zero-order valence-electron chi connectivity index (χ0n) is 6.97. The van der Waals surface area contributed by atoms with Crippen molar-refractivity contribution in [3.63, 3.8) is 0 Å². The smallest absolute Gasteiger partial charge is 0.165 e. The number of ketones is 1. The first-order valence-corrected chi connectivity index (χ1v) is 3.77. The van der Waals surface area contributed by atoms with Crippen LogP contribution in [0.4, 0.5) is 8.78 Å². The Morgan fingerprint density at radius 2 is 2.00 bits per heavy atom. The molecule has 70 valence electrons. The molecule has 0 unspecified atom stereocenters. The highest BCUT2D eigenvalue weighted by Gasteiger charge is 2.13. The number of halogens is 2. The molecule has 1 aromatic carbocycles. The van der Waals surface area contributed by atoms with E-state index in [4.69, 9.17) is 5.11 Å².